The van der Waals surface area contributed by atoms with E-state index in [0.29, 0.717) is 13.1 Å². The van der Waals surface area contributed by atoms with Gasteiger partial charge in [0.15, 0.2) is 0 Å². The molecule has 6 rings (SSSR count). The second-order valence-electron chi connectivity index (χ2n) is 9.89. The van der Waals surface area contributed by atoms with E-state index >= 15 is 0 Å². The highest BCUT2D eigenvalue weighted by atomic mass is 16.2. The summed E-state index contributed by atoms with van der Waals surface area (Å²) in [6.45, 7) is 1.25. The first-order valence-corrected chi connectivity index (χ1v) is 14.7. The Labute approximate surface area is 256 Å². The fourth-order valence-electron chi connectivity index (χ4n) is 4.38. The summed E-state index contributed by atoms with van der Waals surface area (Å²) in [5.74, 6) is 0. The SMILES string of the molecule is O=C(NCCCCc1ccccc1)n1nnc2ccccc21.O=C=NCCCCc1ccccc1.c1ccc2n[nH]nc2c1. The van der Waals surface area contributed by atoms with Gasteiger partial charge in [0.1, 0.15) is 16.6 Å². The van der Waals surface area contributed by atoms with Crippen molar-refractivity contribution in [2.24, 2.45) is 4.99 Å². The van der Waals surface area contributed by atoms with Crippen LogP contribution in [0.4, 0.5) is 4.79 Å². The third-order valence-corrected chi connectivity index (χ3v) is 6.67. The van der Waals surface area contributed by atoms with E-state index in [2.05, 4.69) is 60.3 Å². The fraction of sp³-hybridized carbons (Fsp3) is 0.235. The number of fused-ring (bicyclic) bond motifs is 2. The molecule has 0 unspecified atom stereocenters. The normalized spacial score (nSPS) is 10.2. The second kappa shape index (κ2) is 18.1. The number of nitrogens with zero attached hydrogens (tertiary/aromatic N) is 6. The summed E-state index contributed by atoms with van der Waals surface area (Å²) in [7, 11) is 0. The highest BCUT2D eigenvalue weighted by Gasteiger charge is 2.10. The van der Waals surface area contributed by atoms with Crippen LogP contribution in [0.1, 0.15) is 36.8 Å². The molecule has 0 fully saturated rings. The van der Waals surface area contributed by atoms with Gasteiger partial charge in [-0.2, -0.15) is 20.1 Å². The van der Waals surface area contributed by atoms with Crippen LogP contribution in [-0.2, 0) is 17.6 Å². The lowest BCUT2D eigenvalue weighted by Crippen LogP contribution is -2.30. The zero-order valence-electron chi connectivity index (χ0n) is 24.5. The van der Waals surface area contributed by atoms with Crippen molar-refractivity contribution >= 4 is 34.2 Å². The summed E-state index contributed by atoms with van der Waals surface area (Å²) in [5, 5.41) is 21.1. The molecule has 2 heterocycles. The van der Waals surface area contributed by atoms with Crippen LogP contribution >= 0.6 is 0 Å². The number of carbonyl (C=O) groups is 1. The highest BCUT2D eigenvalue weighted by Crippen LogP contribution is 2.09. The Hall–Kier alpha value is -5.47. The number of aromatic amines is 1. The van der Waals surface area contributed by atoms with E-state index in [4.69, 9.17) is 0 Å². The average molecular weight is 589 g/mol. The van der Waals surface area contributed by atoms with Gasteiger partial charge in [-0.05, 0) is 73.9 Å². The summed E-state index contributed by atoms with van der Waals surface area (Å²) in [6, 6.07) is 35.6. The van der Waals surface area contributed by atoms with Gasteiger partial charge in [-0.25, -0.2) is 14.6 Å². The molecule has 2 aromatic heterocycles. The molecule has 2 N–H and O–H groups in total. The van der Waals surface area contributed by atoms with Gasteiger partial charge in [0.25, 0.3) is 0 Å². The van der Waals surface area contributed by atoms with Crippen molar-refractivity contribution < 1.29 is 9.59 Å². The predicted octanol–water partition coefficient (Wildman–Crippen LogP) is 6.31. The first-order chi connectivity index (χ1) is 21.7. The molecular formula is C34H36N8O2. The van der Waals surface area contributed by atoms with Crippen LogP contribution in [0.25, 0.3) is 22.1 Å². The minimum atomic E-state index is -0.228. The maximum atomic E-state index is 12.1. The van der Waals surface area contributed by atoms with Crippen LogP contribution in [0, 0.1) is 0 Å². The number of benzene rings is 4. The number of hydrogen-bond donors (Lipinski definition) is 2. The van der Waals surface area contributed by atoms with Gasteiger partial charge >= 0.3 is 6.03 Å². The maximum Gasteiger partial charge on any atom is 0.344 e. The summed E-state index contributed by atoms with van der Waals surface area (Å²) in [5.41, 5.74) is 5.95. The quantitative estimate of drug-likeness (QED) is 0.109. The number of H-pyrrole nitrogens is 1. The lowest BCUT2D eigenvalue weighted by molar-refractivity contribution is 0.240. The van der Waals surface area contributed by atoms with E-state index in [1.54, 1.807) is 6.08 Å². The number of carbonyl (C=O) groups excluding carboxylic acids is 2. The van der Waals surface area contributed by atoms with Gasteiger partial charge in [-0.15, -0.1) is 5.10 Å². The molecule has 0 aliphatic rings. The molecule has 0 bridgehead atoms. The molecule has 4 aromatic carbocycles. The second-order valence-corrected chi connectivity index (χ2v) is 9.89. The zero-order chi connectivity index (χ0) is 30.7. The first kappa shape index (κ1) is 31.5. The highest BCUT2D eigenvalue weighted by molar-refractivity contribution is 5.87. The number of aromatic nitrogens is 6. The smallest absolute Gasteiger partial charge is 0.336 e. The Morgan fingerprint density at radius 2 is 1.25 bits per heavy atom. The van der Waals surface area contributed by atoms with Crippen molar-refractivity contribution in [1.29, 1.82) is 0 Å². The van der Waals surface area contributed by atoms with Gasteiger partial charge in [0.05, 0.1) is 12.1 Å². The van der Waals surface area contributed by atoms with Crippen LogP contribution in [0.15, 0.2) is 114 Å². The Morgan fingerprint density at radius 1 is 0.705 bits per heavy atom. The third-order valence-electron chi connectivity index (χ3n) is 6.67. The molecule has 0 saturated heterocycles. The van der Waals surface area contributed by atoms with Crippen molar-refractivity contribution in [2.75, 3.05) is 13.1 Å². The van der Waals surface area contributed by atoms with Gasteiger partial charge in [-0.3, -0.25) is 0 Å². The largest absolute Gasteiger partial charge is 0.344 e. The van der Waals surface area contributed by atoms with Crippen LogP contribution in [0.3, 0.4) is 0 Å². The van der Waals surface area contributed by atoms with Crippen molar-refractivity contribution in [2.45, 2.75) is 38.5 Å². The summed E-state index contributed by atoms with van der Waals surface area (Å²) >= 11 is 0. The Morgan fingerprint density at radius 3 is 1.86 bits per heavy atom. The van der Waals surface area contributed by atoms with Crippen LogP contribution in [0.5, 0.6) is 0 Å². The van der Waals surface area contributed by atoms with Crippen molar-refractivity contribution in [3.63, 3.8) is 0 Å². The van der Waals surface area contributed by atoms with E-state index in [9.17, 15) is 9.59 Å². The molecule has 6 aromatic rings. The van der Waals surface area contributed by atoms with Crippen LogP contribution < -0.4 is 5.32 Å². The number of aryl methyl sites for hydroxylation is 2. The van der Waals surface area contributed by atoms with Gasteiger partial charge in [0.2, 0.25) is 6.08 Å². The minimum Gasteiger partial charge on any atom is -0.336 e. The molecule has 0 radical (unpaired) electrons. The van der Waals surface area contributed by atoms with Crippen molar-refractivity contribution in [1.82, 2.24) is 35.7 Å². The topological polar surface area (TPSA) is 131 Å². The van der Waals surface area contributed by atoms with E-state index in [-0.39, 0.29) is 6.03 Å². The number of nitrogens with one attached hydrogen (secondary N) is 2. The molecule has 0 spiro atoms. The molecule has 1 amide bonds. The molecule has 0 atom stereocenters. The molecule has 44 heavy (non-hydrogen) atoms. The minimum absolute atomic E-state index is 0.228. The standard InChI is InChI=1S/C17H18N4O.C11H13NO.C6H5N3/c22-17(21-16-12-5-4-11-15(16)19-20-21)18-13-7-6-10-14-8-2-1-3-9-14;13-10-12-9-5-4-8-11-6-2-1-3-7-11;1-2-4-6-5(3-1)7-9-8-6/h1-5,8-9,11-12H,6-7,10,13H2,(H,18,22);1-3,6-7H,4-5,8-9H2;1-4H,(H,7,8,9). The van der Waals surface area contributed by atoms with Gasteiger partial charge in [0, 0.05) is 6.54 Å². The summed E-state index contributed by atoms with van der Waals surface area (Å²) < 4.78 is 1.31. The van der Waals surface area contributed by atoms with Crippen molar-refractivity contribution in [3.05, 3.63) is 120 Å². The number of amides is 1. The fourth-order valence-corrected chi connectivity index (χ4v) is 4.38. The first-order valence-electron chi connectivity index (χ1n) is 14.7. The van der Waals surface area contributed by atoms with Crippen LogP contribution in [0.2, 0.25) is 0 Å². The average Bonchev–Trinajstić information content (AvgIpc) is 3.74. The predicted molar refractivity (Wildman–Crippen MR) is 172 cm³/mol. The molecule has 0 aliphatic heterocycles. The molecule has 224 valence electrons. The van der Waals surface area contributed by atoms with Gasteiger partial charge in [-0.1, -0.05) is 90.1 Å². The summed E-state index contributed by atoms with van der Waals surface area (Å²) in [6.07, 6.45) is 7.66. The molecule has 10 heteroatoms. The molecule has 0 saturated carbocycles. The lowest BCUT2D eigenvalue weighted by atomic mass is 10.1. The van der Waals surface area contributed by atoms with E-state index in [1.165, 1.54) is 15.8 Å². The third kappa shape index (κ3) is 10.4. The van der Waals surface area contributed by atoms with Gasteiger partial charge < -0.3 is 5.32 Å². The van der Waals surface area contributed by atoms with E-state index < -0.39 is 0 Å². The number of isocyanates is 1. The van der Waals surface area contributed by atoms with Crippen molar-refractivity contribution in [3.8, 4) is 0 Å². The maximum absolute atomic E-state index is 12.1. The van der Waals surface area contributed by atoms with E-state index in [1.807, 2.05) is 84.9 Å². The van der Waals surface area contributed by atoms with E-state index in [0.717, 1.165) is 60.6 Å². The number of aliphatic imine (C=N–C) groups is 1. The van der Waals surface area contributed by atoms with Crippen LogP contribution in [-0.4, -0.2) is 55.6 Å². The zero-order valence-corrected chi connectivity index (χ0v) is 24.5. The molecular weight excluding hydrogens is 552 g/mol. The monoisotopic (exact) mass is 588 g/mol. The lowest BCUT2D eigenvalue weighted by Gasteiger charge is -2.05. The Bertz CT molecular complexity index is 1700. The number of hydrogen-bond acceptors (Lipinski definition) is 7. The number of para-hydroxylation sites is 3. The Kier molecular flexibility index (Phi) is 13.0. The molecule has 10 nitrogen and oxygen atoms in total. The summed E-state index contributed by atoms with van der Waals surface area (Å²) in [4.78, 5) is 25.3. The Balaban J connectivity index is 0.000000169. The number of unbranched alkanes of at least 4 members (excludes halogenated alkanes) is 2. The number of rotatable bonds is 10. The molecule has 0 aliphatic carbocycles.